The van der Waals surface area contributed by atoms with E-state index in [2.05, 4.69) is 19.7 Å². The first-order valence-electron chi connectivity index (χ1n) is 16.4. The molecule has 0 aliphatic heterocycles. The van der Waals surface area contributed by atoms with Crippen molar-refractivity contribution in [2.24, 2.45) is 0 Å². The van der Waals surface area contributed by atoms with E-state index in [1.54, 1.807) is 80.6 Å². The van der Waals surface area contributed by atoms with Crippen molar-refractivity contribution in [1.29, 1.82) is 0 Å². The Morgan fingerprint density at radius 2 is 1.04 bits per heavy atom. The van der Waals surface area contributed by atoms with Crippen LogP contribution in [0.15, 0.2) is 117 Å². The van der Waals surface area contributed by atoms with E-state index in [9.17, 15) is 19.2 Å². The summed E-state index contributed by atoms with van der Waals surface area (Å²) in [5.41, 5.74) is 1.15. The summed E-state index contributed by atoms with van der Waals surface area (Å²) in [7, 11) is 0. The summed E-state index contributed by atoms with van der Waals surface area (Å²) in [6, 6.07) is 17.3. The van der Waals surface area contributed by atoms with Crippen molar-refractivity contribution in [3.63, 3.8) is 0 Å². The largest absolute Gasteiger partial charge is 0.466 e. The molecule has 52 heavy (non-hydrogen) atoms. The maximum absolute atomic E-state index is 12.8. The zero-order chi connectivity index (χ0) is 37.7. The van der Waals surface area contributed by atoms with Crippen LogP contribution in [0.5, 0.6) is 23.0 Å². The van der Waals surface area contributed by atoms with Crippen molar-refractivity contribution < 1.29 is 57.1 Å². The average molecular weight is 715 g/mol. The summed E-state index contributed by atoms with van der Waals surface area (Å²) in [5, 5.41) is 0. The number of allylic oxidation sites excluding steroid dienone is 1. The molecule has 0 unspecified atom stereocenters. The number of esters is 4. The van der Waals surface area contributed by atoms with E-state index in [4.69, 9.17) is 37.9 Å². The number of ether oxygens (including phenoxy) is 8. The zero-order valence-electron chi connectivity index (χ0n) is 29.3. The maximum atomic E-state index is 12.8. The minimum absolute atomic E-state index is 0.0838. The molecule has 0 bridgehead atoms. The molecule has 3 aromatic rings. The second kappa shape index (κ2) is 21.7. The van der Waals surface area contributed by atoms with E-state index in [1.165, 1.54) is 6.07 Å². The van der Waals surface area contributed by atoms with Crippen LogP contribution >= 0.6 is 0 Å². The Morgan fingerprint density at radius 3 is 1.54 bits per heavy atom. The van der Waals surface area contributed by atoms with Gasteiger partial charge in [-0.2, -0.15) is 0 Å². The van der Waals surface area contributed by atoms with Crippen LogP contribution in [0.2, 0.25) is 0 Å². The summed E-state index contributed by atoms with van der Waals surface area (Å²) in [6.45, 7) is 15.1. The lowest BCUT2D eigenvalue weighted by molar-refractivity contribution is -0.138. The van der Waals surface area contributed by atoms with Gasteiger partial charge in [0.05, 0.1) is 37.6 Å². The van der Waals surface area contributed by atoms with Gasteiger partial charge in [0.15, 0.2) is 0 Å². The molecule has 0 heterocycles. The molecule has 3 aromatic carbocycles. The minimum atomic E-state index is -0.591. The molecule has 12 nitrogen and oxygen atoms in total. The monoisotopic (exact) mass is 714 g/mol. The van der Waals surface area contributed by atoms with Gasteiger partial charge in [0, 0.05) is 12.2 Å². The van der Waals surface area contributed by atoms with Crippen LogP contribution in [-0.4, -0.2) is 50.3 Å². The number of rotatable bonds is 22. The normalized spacial score (nSPS) is 10.6. The molecule has 0 fully saturated rings. The highest BCUT2D eigenvalue weighted by Crippen LogP contribution is 2.26. The van der Waals surface area contributed by atoms with Gasteiger partial charge in [-0.1, -0.05) is 13.2 Å². The Bertz CT molecular complexity index is 1720. The van der Waals surface area contributed by atoms with E-state index in [-0.39, 0.29) is 30.5 Å². The van der Waals surface area contributed by atoms with Gasteiger partial charge < -0.3 is 37.9 Å². The molecule has 0 spiro atoms. The average Bonchev–Trinajstić information content (AvgIpc) is 3.15. The maximum Gasteiger partial charge on any atom is 0.343 e. The van der Waals surface area contributed by atoms with Crippen LogP contribution < -0.4 is 18.9 Å². The molecule has 0 atom stereocenters. The Labute approximate surface area is 302 Å². The lowest BCUT2D eigenvalue weighted by Crippen LogP contribution is -2.11. The van der Waals surface area contributed by atoms with Gasteiger partial charge in [-0.05, 0) is 124 Å². The quantitative estimate of drug-likeness (QED) is 0.0333. The number of carbonyl (C=O) groups excluding carboxylic acids is 4. The Kier molecular flexibility index (Phi) is 16.8. The predicted molar refractivity (Wildman–Crippen MR) is 191 cm³/mol. The van der Waals surface area contributed by atoms with E-state index in [0.717, 1.165) is 12.2 Å². The third-order valence-electron chi connectivity index (χ3n) is 6.83. The summed E-state index contributed by atoms with van der Waals surface area (Å²) in [6.07, 6.45) is 6.42. The number of benzene rings is 3. The predicted octanol–water partition coefficient (Wildman–Crippen LogP) is 7.58. The van der Waals surface area contributed by atoms with E-state index in [0.29, 0.717) is 73.2 Å². The molecule has 0 amide bonds. The third kappa shape index (κ3) is 14.3. The van der Waals surface area contributed by atoms with Gasteiger partial charge in [-0.15, -0.1) is 0 Å². The lowest BCUT2D eigenvalue weighted by atomic mass is 10.2. The van der Waals surface area contributed by atoms with E-state index in [1.807, 2.05) is 0 Å². The zero-order valence-corrected chi connectivity index (χ0v) is 29.3. The molecular weight excluding hydrogens is 672 g/mol. The van der Waals surface area contributed by atoms with Gasteiger partial charge >= 0.3 is 23.9 Å². The smallest absolute Gasteiger partial charge is 0.343 e. The standard InChI is InChI=1S/C40H42O12/c1-6-36(41)46-24-10-9-23-45-29(5)49-32-17-13-31(14-18-32)40(44)52-35-22-21-34(27-28(35)4)51-39(43)30-15-19-33(20-16-30)50-38(8-3)48-26-12-11-25-47-37(42)7-2/h6-8,13-22,27H,1-2,5,9-12,23-26H2,3-4H3/b38-8+. The summed E-state index contributed by atoms with van der Waals surface area (Å²) >= 11 is 0. The summed E-state index contributed by atoms with van der Waals surface area (Å²) in [4.78, 5) is 47.7. The highest BCUT2D eigenvalue weighted by Gasteiger charge is 2.14. The number of hydrogen-bond donors (Lipinski definition) is 0. The second-order valence-corrected chi connectivity index (χ2v) is 10.8. The van der Waals surface area contributed by atoms with Crippen molar-refractivity contribution in [3.8, 4) is 23.0 Å². The fourth-order valence-corrected chi connectivity index (χ4v) is 4.12. The van der Waals surface area contributed by atoms with Gasteiger partial charge in [-0.3, -0.25) is 0 Å². The van der Waals surface area contributed by atoms with Crippen LogP contribution in [0, 0.1) is 6.92 Å². The molecule has 3 rings (SSSR count). The summed E-state index contributed by atoms with van der Waals surface area (Å²) < 4.78 is 43.3. The molecule has 0 aliphatic carbocycles. The van der Waals surface area contributed by atoms with Crippen molar-refractivity contribution in [2.75, 3.05) is 26.4 Å². The fourth-order valence-electron chi connectivity index (χ4n) is 4.12. The third-order valence-corrected chi connectivity index (χ3v) is 6.83. The molecule has 0 radical (unpaired) electrons. The minimum Gasteiger partial charge on any atom is -0.466 e. The highest BCUT2D eigenvalue weighted by atomic mass is 16.7. The Hall–Kier alpha value is -6.30. The number of unbranched alkanes of at least 4 members (excludes halogenated alkanes) is 2. The Morgan fingerprint density at radius 1 is 0.577 bits per heavy atom. The van der Waals surface area contributed by atoms with Crippen LogP contribution in [-0.2, 0) is 28.5 Å². The SMILES string of the molecule is C=CC(=O)OCCCCOC(=C)Oc1ccc(C(=O)Oc2ccc(OC(=O)c3ccc(O/C(=C/C)OCCCCOC(=O)C=C)cc3)cc2C)cc1. The molecule has 0 saturated heterocycles. The van der Waals surface area contributed by atoms with Crippen molar-refractivity contribution >= 4 is 23.9 Å². The number of aryl methyl sites for hydroxylation is 1. The topological polar surface area (TPSA) is 142 Å². The molecule has 0 N–H and O–H groups in total. The number of hydrogen-bond acceptors (Lipinski definition) is 12. The molecule has 0 saturated carbocycles. The van der Waals surface area contributed by atoms with Crippen molar-refractivity contribution in [1.82, 2.24) is 0 Å². The molecular formula is C40H42O12. The fraction of sp³-hybridized carbons (Fsp3) is 0.250. The molecule has 12 heteroatoms. The Balaban J connectivity index is 1.42. The summed E-state index contributed by atoms with van der Waals surface area (Å²) in [5.74, 6) is -0.288. The van der Waals surface area contributed by atoms with Gasteiger partial charge in [-0.25, -0.2) is 19.2 Å². The van der Waals surface area contributed by atoms with Crippen molar-refractivity contribution in [3.05, 3.63) is 133 Å². The molecule has 274 valence electrons. The molecule has 0 aliphatic rings. The second-order valence-electron chi connectivity index (χ2n) is 10.8. The van der Waals surface area contributed by atoms with Crippen LogP contribution in [0.3, 0.4) is 0 Å². The first-order chi connectivity index (χ1) is 25.1. The van der Waals surface area contributed by atoms with Crippen molar-refractivity contribution in [2.45, 2.75) is 39.5 Å². The highest BCUT2D eigenvalue weighted by molar-refractivity contribution is 5.92. The van der Waals surface area contributed by atoms with Gasteiger partial charge in [0.2, 0.25) is 0 Å². The first kappa shape index (κ1) is 40.1. The molecule has 0 aromatic heterocycles. The lowest BCUT2D eigenvalue weighted by Gasteiger charge is -2.12. The number of carbonyl (C=O) groups is 4. The van der Waals surface area contributed by atoms with E-state index < -0.39 is 23.9 Å². The van der Waals surface area contributed by atoms with Crippen LogP contribution in [0.25, 0.3) is 0 Å². The first-order valence-corrected chi connectivity index (χ1v) is 16.4. The van der Waals surface area contributed by atoms with Crippen LogP contribution in [0.4, 0.5) is 0 Å². The van der Waals surface area contributed by atoms with Gasteiger partial charge in [0.1, 0.15) is 23.0 Å². The van der Waals surface area contributed by atoms with Crippen LogP contribution in [0.1, 0.15) is 58.9 Å². The van der Waals surface area contributed by atoms with Gasteiger partial charge in [0.25, 0.3) is 11.9 Å². The van der Waals surface area contributed by atoms with E-state index >= 15 is 0 Å².